The smallest absolute Gasteiger partial charge is 0.235 e. The Bertz CT molecular complexity index is 1360. The predicted molar refractivity (Wildman–Crippen MR) is 122 cm³/mol. The number of para-hydroxylation sites is 1. The summed E-state index contributed by atoms with van der Waals surface area (Å²) in [7, 11) is 1.64. The molecule has 0 bridgehead atoms. The number of rotatable bonds is 6. The first-order chi connectivity index (χ1) is 15.2. The van der Waals surface area contributed by atoms with Crippen molar-refractivity contribution in [2.24, 2.45) is 0 Å². The van der Waals surface area contributed by atoms with Crippen LogP contribution in [0.4, 0.5) is 5.13 Å². The van der Waals surface area contributed by atoms with Crippen molar-refractivity contribution in [1.82, 2.24) is 10.1 Å². The van der Waals surface area contributed by atoms with Crippen LogP contribution in [0.2, 0.25) is 0 Å². The number of hydrogen-bond acceptors (Lipinski definition) is 6. The summed E-state index contributed by atoms with van der Waals surface area (Å²) >= 11 is 1.47. The quantitative estimate of drug-likeness (QED) is 0.370. The molecule has 0 saturated carbocycles. The molecule has 2 heterocycles. The lowest BCUT2D eigenvalue weighted by atomic mass is 10.1. The molecule has 0 atom stereocenters. The molecular formula is C24H19N3O3S. The molecule has 0 aliphatic rings. The summed E-state index contributed by atoms with van der Waals surface area (Å²) in [4.78, 5) is 19.9. The Hall–Kier alpha value is -3.71. The monoisotopic (exact) mass is 429 g/mol. The number of amides is 1. The van der Waals surface area contributed by atoms with E-state index in [1.165, 1.54) is 11.3 Å². The molecular weight excluding hydrogens is 410 g/mol. The third kappa shape index (κ3) is 3.87. The van der Waals surface area contributed by atoms with Gasteiger partial charge in [-0.1, -0.05) is 59.0 Å². The maximum atomic E-state index is 13.4. The Labute approximate surface area is 182 Å². The summed E-state index contributed by atoms with van der Waals surface area (Å²) < 4.78 is 11.7. The molecule has 0 saturated heterocycles. The second kappa shape index (κ2) is 8.20. The average Bonchev–Trinajstić information content (AvgIpc) is 3.41. The van der Waals surface area contributed by atoms with E-state index >= 15 is 0 Å². The lowest BCUT2D eigenvalue weighted by molar-refractivity contribution is -0.118. The molecule has 3 aromatic carbocycles. The molecule has 5 rings (SSSR count). The van der Waals surface area contributed by atoms with Gasteiger partial charge in [-0.25, -0.2) is 4.98 Å². The van der Waals surface area contributed by atoms with E-state index in [-0.39, 0.29) is 12.3 Å². The third-order valence-electron chi connectivity index (χ3n) is 5.07. The van der Waals surface area contributed by atoms with Crippen molar-refractivity contribution in [3.63, 3.8) is 0 Å². The van der Waals surface area contributed by atoms with Crippen molar-refractivity contribution >= 4 is 43.6 Å². The van der Waals surface area contributed by atoms with Crippen LogP contribution in [0.15, 0.2) is 77.3 Å². The summed E-state index contributed by atoms with van der Waals surface area (Å²) in [5.74, 6) is 0.673. The minimum Gasteiger partial charge on any atom is -0.497 e. The normalized spacial score (nSPS) is 11.1. The van der Waals surface area contributed by atoms with Crippen LogP contribution in [-0.4, -0.2) is 23.2 Å². The average molecular weight is 430 g/mol. The number of methoxy groups -OCH3 is 1. The zero-order chi connectivity index (χ0) is 21.2. The summed E-state index contributed by atoms with van der Waals surface area (Å²) in [6.45, 7) is 0.423. The number of carbonyl (C=O) groups is 1. The molecule has 2 aromatic heterocycles. The van der Waals surface area contributed by atoms with E-state index in [2.05, 4.69) is 5.16 Å². The van der Waals surface area contributed by atoms with Gasteiger partial charge in [-0.2, -0.15) is 0 Å². The predicted octanol–water partition coefficient (Wildman–Crippen LogP) is 5.22. The molecule has 5 aromatic rings. The van der Waals surface area contributed by atoms with Gasteiger partial charge < -0.3 is 9.26 Å². The number of ether oxygens (including phenoxy) is 1. The largest absolute Gasteiger partial charge is 0.497 e. The molecule has 1 amide bonds. The Morgan fingerprint density at radius 1 is 1.06 bits per heavy atom. The molecule has 6 nitrogen and oxygen atoms in total. The van der Waals surface area contributed by atoms with E-state index in [1.54, 1.807) is 12.0 Å². The number of anilines is 1. The standard InChI is InChI=1S/C24H19N3O3S/c1-29-17-11-12-19-22(13-17)31-24(25-19)27(15-16-7-3-2-4-8-16)23(28)14-20-18-9-5-6-10-21(18)30-26-20/h2-13H,14-15H2,1H3. The van der Waals surface area contributed by atoms with Gasteiger partial charge in [-0.3, -0.25) is 9.69 Å². The molecule has 0 fully saturated rings. The van der Waals surface area contributed by atoms with Crippen molar-refractivity contribution in [2.75, 3.05) is 12.0 Å². The fraction of sp³-hybridized carbons (Fsp3) is 0.125. The highest BCUT2D eigenvalue weighted by Crippen LogP contribution is 2.33. The van der Waals surface area contributed by atoms with Crippen molar-refractivity contribution in [3.8, 4) is 5.75 Å². The maximum absolute atomic E-state index is 13.4. The molecule has 0 unspecified atom stereocenters. The van der Waals surface area contributed by atoms with Crippen LogP contribution < -0.4 is 9.64 Å². The zero-order valence-corrected chi connectivity index (χ0v) is 17.6. The maximum Gasteiger partial charge on any atom is 0.235 e. The van der Waals surface area contributed by atoms with Crippen LogP contribution in [0.25, 0.3) is 21.2 Å². The summed E-state index contributed by atoms with van der Waals surface area (Å²) in [5, 5.41) is 5.62. The lowest BCUT2D eigenvalue weighted by Gasteiger charge is -2.19. The van der Waals surface area contributed by atoms with E-state index in [0.29, 0.717) is 23.0 Å². The fourth-order valence-electron chi connectivity index (χ4n) is 3.47. The van der Waals surface area contributed by atoms with Crippen molar-refractivity contribution in [1.29, 1.82) is 0 Å². The highest BCUT2D eigenvalue weighted by Gasteiger charge is 2.23. The number of aromatic nitrogens is 2. The highest BCUT2D eigenvalue weighted by molar-refractivity contribution is 7.22. The molecule has 7 heteroatoms. The molecule has 0 N–H and O–H groups in total. The fourth-order valence-corrected chi connectivity index (χ4v) is 4.48. The highest BCUT2D eigenvalue weighted by atomic mass is 32.1. The van der Waals surface area contributed by atoms with Crippen molar-refractivity contribution < 1.29 is 14.1 Å². The van der Waals surface area contributed by atoms with E-state index in [0.717, 1.165) is 26.9 Å². The first-order valence-electron chi connectivity index (χ1n) is 9.83. The van der Waals surface area contributed by atoms with E-state index in [9.17, 15) is 4.79 Å². The number of fused-ring (bicyclic) bond motifs is 2. The second-order valence-electron chi connectivity index (χ2n) is 7.10. The Kier molecular flexibility index (Phi) is 5.09. The van der Waals surface area contributed by atoms with Gasteiger partial charge in [0.1, 0.15) is 11.4 Å². The molecule has 0 aliphatic carbocycles. The topological polar surface area (TPSA) is 68.5 Å². The van der Waals surface area contributed by atoms with E-state index < -0.39 is 0 Å². The van der Waals surface area contributed by atoms with Gasteiger partial charge >= 0.3 is 0 Å². The van der Waals surface area contributed by atoms with Crippen LogP contribution in [0, 0.1) is 0 Å². The SMILES string of the molecule is COc1ccc2nc(N(Cc3ccccc3)C(=O)Cc3noc4ccccc34)sc2c1. The third-order valence-corrected chi connectivity index (χ3v) is 6.11. The van der Waals surface area contributed by atoms with Gasteiger partial charge in [-0.05, 0) is 35.9 Å². The van der Waals surface area contributed by atoms with Gasteiger partial charge in [0, 0.05) is 5.39 Å². The lowest BCUT2D eigenvalue weighted by Crippen LogP contribution is -2.31. The summed E-state index contributed by atoms with van der Waals surface area (Å²) in [5.41, 5.74) is 3.16. The van der Waals surface area contributed by atoms with Gasteiger partial charge in [0.15, 0.2) is 10.7 Å². The minimum atomic E-state index is -0.0890. The van der Waals surface area contributed by atoms with E-state index in [1.807, 2.05) is 72.8 Å². The Balaban J connectivity index is 1.51. The number of benzene rings is 3. The molecule has 0 aliphatic heterocycles. The van der Waals surface area contributed by atoms with Crippen LogP contribution in [0.1, 0.15) is 11.3 Å². The second-order valence-corrected chi connectivity index (χ2v) is 8.11. The molecule has 0 spiro atoms. The van der Waals surface area contributed by atoms with Gasteiger partial charge in [0.2, 0.25) is 5.91 Å². The van der Waals surface area contributed by atoms with Gasteiger partial charge in [0.25, 0.3) is 0 Å². The van der Waals surface area contributed by atoms with Crippen LogP contribution in [-0.2, 0) is 17.8 Å². The zero-order valence-electron chi connectivity index (χ0n) is 16.8. The first kappa shape index (κ1) is 19.3. The molecule has 154 valence electrons. The van der Waals surface area contributed by atoms with Gasteiger partial charge in [-0.15, -0.1) is 0 Å². The van der Waals surface area contributed by atoms with Crippen LogP contribution in [0.5, 0.6) is 5.75 Å². The Morgan fingerprint density at radius 2 is 1.87 bits per heavy atom. The number of carbonyl (C=O) groups excluding carboxylic acids is 1. The minimum absolute atomic E-state index is 0.0890. The first-order valence-corrected chi connectivity index (χ1v) is 10.6. The molecule has 0 radical (unpaired) electrons. The van der Waals surface area contributed by atoms with Gasteiger partial charge in [0.05, 0.1) is 30.3 Å². The van der Waals surface area contributed by atoms with Crippen LogP contribution >= 0.6 is 11.3 Å². The summed E-state index contributed by atoms with van der Waals surface area (Å²) in [6.07, 6.45) is 0.128. The van der Waals surface area contributed by atoms with Crippen molar-refractivity contribution in [3.05, 3.63) is 84.1 Å². The van der Waals surface area contributed by atoms with Crippen molar-refractivity contribution in [2.45, 2.75) is 13.0 Å². The number of thiazole rings is 1. The van der Waals surface area contributed by atoms with Crippen LogP contribution in [0.3, 0.4) is 0 Å². The summed E-state index contributed by atoms with van der Waals surface area (Å²) in [6, 6.07) is 23.2. The Morgan fingerprint density at radius 3 is 2.71 bits per heavy atom. The molecule has 31 heavy (non-hydrogen) atoms. The number of nitrogens with zero attached hydrogens (tertiary/aromatic N) is 3. The van der Waals surface area contributed by atoms with E-state index in [4.69, 9.17) is 14.2 Å². The number of hydrogen-bond donors (Lipinski definition) is 0.